The van der Waals surface area contributed by atoms with Crippen molar-refractivity contribution >= 4 is 28.9 Å². The van der Waals surface area contributed by atoms with Gasteiger partial charge in [0.15, 0.2) is 23.2 Å². The lowest BCUT2D eigenvalue weighted by molar-refractivity contribution is -0.121. The summed E-state index contributed by atoms with van der Waals surface area (Å²) < 4.78 is 10.6. The van der Waals surface area contributed by atoms with Gasteiger partial charge >= 0.3 is 0 Å². The quantitative estimate of drug-likeness (QED) is 0.826. The molecule has 0 aliphatic rings. The van der Waals surface area contributed by atoms with E-state index in [0.717, 1.165) is 11.3 Å². The van der Waals surface area contributed by atoms with E-state index in [1.165, 1.54) is 0 Å². The first-order valence-electron chi connectivity index (χ1n) is 7.02. The number of para-hydroxylation sites is 2. The molecule has 5 nitrogen and oxygen atoms in total. The number of benzene rings is 2. The zero-order valence-electron chi connectivity index (χ0n) is 13.0. The number of nitrogens with one attached hydrogen (secondary N) is 2. The Bertz CT molecular complexity index is 686. The van der Waals surface area contributed by atoms with Gasteiger partial charge in [-0.05, 0) is 43.4 Å². The van der Waals surface area contributed by atoms with Crippen LogP contribution in [0.15, 0.2) is 48.5 Å². The fourth-order valence-electron chi connectivity index (χ4n) is 1.84. The van der Waals surface area contributed by atoms with Crippen LogP contribution < -0.4 is 20.1 Å². The van der Waals surface area contributed by atoms with Crippen LogP contribution in [-0.2, 0) is 4.79 Å². The second kappa shape index (κ2) is 8.14. The zero-order valence-corrected chi connectivity index (χ0v) is 13.8. The highest BCUT2D eigenvalue weighted by atomic mass is 32.1. The Hall–Kier alpha value is -2.60. The van der Waals surface area contributed by atoms with Crippen LogP contribution in [0.2, 0.25) is 0 Å². The highest BCUT2D eigenvalue weighted by molar-refractivity contribution is 7.80. The highest BCUT2D eigenvalue weighted by Crippen LogP contribution is 2.25. The van der Waals surface area contributed by atoms with E-state index in [1.807, 2.05) is 37.3 Å². The molecule has 0 unspecified atom stereocenters. The van der Waals surface area contributed by atoms with Crippen molar-refractivity contribution in [3.63, 3.8) is 0 Å². The van der Waals surface area contributed by atoms with E-state index in [-0.39, 0.29) is 17.6 Å². The predicted octanol–water partition coefficient (Wildman–Crippen LogP) is 2.90. The van der Waals surface area contributed by atoms with E-state index in [2.05, 4.69) is 10.6 Å². The Morgan fingerprint density at radius 2 is 1.74 bits per heavy atom. The summed E-state index contributed by atoms with van der Waals surface area (Å²) in [6.07, 6.45) is 0. The van der Waals surface area contributed by atoms with E-state index >= 15 is 0 Å². The first-order valence-corrected chi connectivity index (χ1v) is 7.42. The van der Waals surface area contributed by atoms with Gasteiger partial charge in [0, 0.05) is 5.69 Å². The molecule has 2 aromatic carbocycles. The van der Waals surface area contributed by atoms with Crippen molar-refractivity contribution in [1.29, 1.82) is 0 Å². The van der Waals surface area contributed by atoms with Crippen LogP contribution in [0.4, 0.5) is 5.69 Å². The molecule has 2 rings (SSSR count). The maximum atomic E-state index is 11.9. The van der Waals surface area contributed by atoms with Gasteiger partial charge in [-0.15, -0.1) is 0 Å². The number of aryl methyl sites for hydroxylation is 1. The van der Waals surface area contributed by atoms with E-state index in [0.29, 0.717) is 11.5 Å². The van der Waals surface area contributed by atoms with Crippen molar-refractivity contribution < 1.29 is 14.3 Å². The number of carbonyl (C=O) groups excluding carboxylic acids is 1. The third-order valence-electron chi connectivity index (χ3n) is 2.99. The summed E-state index contributed by atoms with van der Waals surface area (Å²) in [6.45, 7) is 1.84. The third-order valence-corrected chi connectivity index (χ3v) is 3.19. The van der Waals surface area contributed by atoms with Crippen LogP contribution in [0.5, 0.6) is 11.5 Å². The molecule has 2 N–H and O–H groups in total. The Balaban J connectivity index is 1.82. The van der Waals surface area contributed by atoms with E-state index in [4.69, 9.17) is 21.7 Å². The van der Waals surface area contributed by atoms with Crippen LogP contribution >= 0.6 is 12.2 Å². The standard InChI is InChI=1S/C17H18N2O3S/c1-12-7-9-13(10-8-12)18-17(23)19-16(20)11-22-15-6-4-3-5-14(15)21-2/h3-10H,11H2,1-2H3,(H2,18,19,20,23). The number of hydrogen-bond acceptors (Lipinski definition) is 4. The molecule has 6 heteroatoms. The molecule has 0 bridgehead atoms. The molecule has 2 aromatic rings. The second-order valence-electron chi connectivity index (χ2n) is 4.81. The molecular formula is C17H18N2O3S. The summed E-state index contributed by atoms with van der Waals surface area (Å²) in [5.74, 6) is 0.726. The number of methoxy groups -OCH3 is 1. The van der Waals surface area contributed by atoms with Gasteiger partial charge < -0.3 is 14.8 Å². The minimum Gasteiger partial charge on any atom is -0.493 e. The Labute approximate surface area is 140 Å². The van der Waals surface area contributed by atoms with Crippen molar-refractivity contribution in [3.8, 4) is 11.5 Å². The number of amides is 1. The number of hydrogen-bond donors (Lipinski definition) is 2. The SMILES string of the molecule is COc1ccccc1OCC(=O)NC(=S)Nc1ccc(C)cc1. The minimum absolute atomic E-state index is 0.157. The molecule has 0 spiro atoms. The van der Waals surface area contributed by atoms with E-state index in [9.17, 15) is 4.79 Å². The van der Waals surface area contributed by atoms with Gasteiger partial charge in [-0.1, -0.05) is 29.8 Å². The van der Waals surface area contributed by atoms with Gasteiger partial charge in [-0.25, -0.2) is 0 Å². The maximum Gasteiger partial charge on any atom is 0.264 e. The Morgan fingerprint density at radius 3 is 2.39 bits per heavy atom. The summed E-state index contributed by atoms with van der Waals surface area (Å²) in [5.41, 5.74) is 1.96. The molecule has 1 amide bonds. The highest BCUT2D eigenvalue weighted by Gasteiger charge is 2.08. The molecule has 0 radical (unpaired) electrons. The van der Waals surface area contributed by atoms with E-state index in [1.54, 1.807) is 25.3 Å². The number of rotatable bonds is 5. The molecule has 0 atom stereocenters. The topological polar surface area (TPSA) is 59.6 Å². The Morgan fingerprint density at radius 1 is 1.09 bits per heavy atom. The number of carbonyl (C=O) groups is 1. The fourth-order valence-corrected chi connectivity index (χ4v) is 2.07. The van der Waals surface area contributed by atoms with Gasteiger partial charge in [0.1, 0.15) is 0 Å². The molecule has 0 heterocycles. The van der Waals surface area contributed by atoms with Crippen LogP contribution in [0, 0.1) is 6.92 Å². The summed E-state index contributed by atoms with van der Waals surface area (Å²) >= 11 is 5.10. The van der Waals surface area contributed by atoms with Gasteiger partial charge in [-0.3, -0.25) is 10.1 Å². The molecule has 23 heavy (non-hydrogen) atoms. The van der Waals surface area contributed by atoms with Gasteiger partial charge in [0.2, 0.25) is 0 Å². The lowest BCUT2D eigenvalue weighted by atomic mass is 10.2. The lowest BCUT2D eigenvalue weighted by Gasteiger charge is -2.12. The second-order valence-corrected chi connectivity index (χ2v) is 5.22. The lowest BCUT2D eigenvalue weighted by Crippen LogP contribution is -2.37. The van der Waals surface area contributed by atoms with Crippen molar-refractivity contribution in [3.05, 3.63) is 54.1 Å². The monoisotopic (exact) mass is 330 g/mol. The number of anilines is 1. The van der Waals surface area contributed by atoms with Gasteiger partial charge in [0.05, 0.1) is 7.11 Å². The molecule has 0 fully saturated rings. The predicted molar refractivity (Wildman–Crippen MR) is 94.0 cm³/mol. The van der Waals surface area contributed by atoms with Crippen molar-refractivity contribution in [2.45, 2.75) is 6.92 Å². The molecule has 0 aliphatic heterocycles. The summed E-state index contributed by atoms with van der Waals surface area (Å²) in [7, 11) is 1.54. The normalized spacial score (nSPS) is 9.83. The summed E-state index contributed by atoms with van der Waals surface area (Å²) in [5, 5.41) is 5.73. The first-order chi connectivity index (χ1) is 11.1. The molecule has 120 valence electrons. The summed E-state index contributed by atoms with van der Waals surface area (Å²) in [4.78, 5) is 11.9. The van der Waals surface area contributed by atoms with E-state index < -0.39 is 0 Å². The minimum atomic E-state index is -0.347. The van der Waals surface area contributed by atoms with Crippen LogP contribution in [0.1, 0.15) is 5.56 Å². The van der Waals surface area contributed by atoms with Crippen molar-refractivity contribution in [1.82, 2.24) is 5.32 Å². The van der Waals surface area contributed by atoms with Crippen LogP contribution in [0.25, 0.3) is 0 Å². The Kier molecular flexibility index (Phi) is 5.94. The van der Waals surface area contributed by atoms with Crippen LogP contribution in [-0.4, -0.2) is 24.7 Å². The maximum absolute atomic E-state index is 11.9. The first kappa shape index (κ1) is 16.8. The number of thiocarbonyl (C=S) groups is 1. The van der Waals surface area contributed by atoms with Crippen LogP contribution in [0.3, 0.4) is 0 Å². The average molecular weight is 330 g/mol. The number of ether oxygens (including phenoxy) is 2. The fraction of sp³-hybridized carbons (Fsp3) is 0.176. The smallest absolute Gasteiger partial charge is 0.264 e. The largest absolute Gasteiger partial charge is 0.493 e. The summed E-state index contributed by atoms with van der Waals surface area (Å²) in [6, 6.07) is 14.8. The van der Waals surface area contributed by atoms with Gasteiger partial charge in [-0.2, -0.15) is 0 Å². The third kappa shape index (κ3) is 5.27. The molecular weight excluding hydrogens is 312 g/mol. The molecule has 0 aromatic heterocycles. The average Bonchev–Trinajstić information content (AvgIpc) is 2.55. The molecule has 0 saturated carbocycles. The molecule has 0 saturated heterocycles. The van der Waals surface area contributed by atoms with Crippen molar-refractivity contribution in [2.24, 2.45) is 0 Å². The van der Waals surface area contributed by atoms with Gasteiger partial charge in [0.25, 0.3) is 5.91 Å². The van der Waals surface area contributed by atoms with Crippen molar-refractivity contribution in [2.75, 3.05) is 19.0 Å². The molecule has 0 aliphatic carbocycles. The zero-order chi connectivity index (χ0) is 16.7.